The molecule has 1 heterocycles. The van der Waals surface area contributed by atoms with E-state index in [1.54, 1.807) is 0 Å². The molecule has 6 nitrogen and oxygen atoms in total. The van der Waals surface area contributed by atoms with Crippen molar-refractivity contribution < 1.29 is 13.2 Å². The third-order valence-electron chi connectivity index (χ3n) is 4.44. The highest BCUT2D eigenvalue weighted by Crippen LogP contribution is 2.29. The van der Waals surface area contributed by atoms with Crippen LogP contribution in [0.2, 0.25) is 0 Å². The van der Waals surface area contributed by atoms with Crippen molar-refractivity contribution in [3.05, 3.63) is 66.7 Å². The summed E-state index contributed by atoms with van der Waals surface area (Å²) in [6.07, 6.45) is 3.77. The lowest BCUT2D eigenvalue weighted by Gasteiger charge is -2.21. The summed E-state index contributed by atoms with van der Waals surface area (Å²) in [4.78, 5) is 15.0. The van der Waals surface area contributed by atoms with Gasteiger partial charge in [-0.25, -0.2) is 13.1 Å². The number of hydrogen-bond acceptors (Lipinski definition) is 4. The van der Waals surface area contributed by atoms with Gasteiger partial charge in [0, 0.05) is 25.2 Å². The number of benzene rings is 2. The minimum atomic E-state index is -3.60. The molecule has 0 spiro atoms. The number of sulfonamides is 1. The van der Waals surface area contributed by atoms with Crippen molar-refractivity contribution in [1.82, 2.24) is 4.72 Å². The van der Waals surface area contributed by atoms with Crippen molar-refractivity contribution >= 4 is 27.3 Å². The van der Waals surface area contributed by atoms with Gasteiger partial charge in [0.1, 0.15) is 0 Å². The van der Waals surface area contributed by atoms with Crippen LogP contribution in [0.15, 0.2) is 66.1 Å². The van der Waals surface area contributed by atoms with Crippen LogP contribution in [0.4, 0.5) is 11.4 Å². The third-order valence-corrected chi connectivity index (χ3v) is 5.88. The summed E-state index contributed by atoms with van der Waals surface area (Å²) < 4.78 is 26.6. The first kappa shape index (κ1) is 19.1. The first-order valence-electron chi connectivity index (χ1n) is 8.87. The van der Waals surface area contributed by atoms with E-state index >= 15 is 0 Å². The van der Waals surface area contributed by atoms with Crippen LogP contribution >= 0.6 is 0 Å². The van der Waals surface area contributed by atoms with Gasteiger partial charge in [0.05, 0.1) is 16.3 Å². The van der Waals surface area contributed by atoms with Crippen LogP contribution in [0, 0.1) is 0 Å². The van der Waals surface area contributed by atoms with Crippen LogP contribution < -0.4 is 14.9 Å². The number of para-hydroxylation sites is 2. The van der Waals surface area contributed by atoms with Crippen LogP contribution in [0.1, 0.15) is 23.2 Å². The Morgan fingerprint density at radius 2 is 1.74 bits per heavy atom. The number of anilines is 2. The number of carbonyl (C=O) groups excluding carboxylic acids is 1. The van der Waals surface area contributed by atoms with Crippen LogP contribution in [0.3, 0.4) is 0 Å². The molecule has 2 aromatic rings. The highest BCUT2D eigenvalue weighted by atomic mass is 32.2. The molecule has 0 atom stereocenters. The molecule has 0 bridgehead atoms. The maximum absolute atomic E-state index is 12.6. The van der Waals surface area contributed by atoms with Crippen molar-refractivity contribution in [2.45, 2.75) is 17.7 Å². The van der Waals surface area contributed by atoms with Crippen LogP contribution in [0.5, 0.6) is 0 Å². The van der Waals surface area contributed by atoms with E-state index in [1.165, 1.54) is 30.3 Å². The van der Waals surface area contributed by atoms with Gasteiger partial charge in [-0.05, 0) is 49.2 Å². The number of amides is 1. The lowest BCUT2D eigenvalue weighted by Crippen LogP contribution is -2.24. The average Bonchev–Trinajstić information content (AvgIpc) is 3.21. The van der Waals surface area contributed by atoms with Gasteiger partial charge in [-0.2, -0.15) is 0 Å². The highest BCUT2D eigenvalue weighted by molar-refractivity contribution is 7.89. The van der Waals surface area contributed by atoms with E-state index in [-0.39, 0.29) is 17.3 Å². The molecule has 3 rings (SSSR count). The van der Waals surface area contributed by atoms with Crippen LogP contribution in [0.25, 0.3) is 0 Å². The van der Waals surface area contributed by atoms with E-state index in [1.807, 2.05) is 24.3 Å². The Kier molecular flexibility index (Phi) is 5.93. The monoisotopic (exact) mass is 385 g/mol. The maximum Gasteiger partial charge on any atom is 0.255 e. The smallest absolute Gasteiger partial charge is 0.255 e. The van der Waals surface area contributed by atoms with Gasteiger partial charge in [-0.15, -0.1) is 6.58 Å². The summed E-state index contributed by atoms with van der Waals surface area (Å²) in [5.74, 6) is -0.273. The molecule has 0 saturated carbocycles. The number of nitrogens with zero attached hydrogens (tertiary/aromatic N) is 1. The predicted octanol–water partition coefficient (Wildman–Crippen LogP) is 3.00. The lowest BCUT2D eigenvalue weighted by atomic mass is 10.2. The molecule has 0 radical (unpaired) electrons. The Morgan fingerprint density at radius 1 is 1.07 bits per heavy atom. The van der Waals surface area contributed by atoms with E-state index < -0.39 is 10.0 Å². The minimum absolute atomic E-state index is 0.110. The van der Waals surface area contributed by atoms with Gasteiger partial charge >= 0.3 is 0 Å². The molecule has 1 aliphatic rings. The Bertz CT molecular complexity index is 918. The van der Waals surface area contributed by atoms with Crippen molar-refractivity contribution in [2.24, 2.45) is 0 Å². The zero-order valence-electron chi connectivity index (χ0n) is 15.0. The highest BCUT2D eigenvalue weighted by Gasteiger charge is 2.18. The van der Waals surface area contributed by atoms with Gasteiger partial charge in [0.25, 0.3) is 5.91 Å². The predicted molar refractivity (Wildman–Crippen MR) is 108 cm³/mol. The van der Waals surface area contributed by atoms with Crippen LogP contribution in [-0.2, 0) is 10.0 Å². The van der Waals surface area contributed by atoms with Crippen molar-refractivity contribution in [1.29, 1.82) is 0 Å². The topological polar surface area (TPSA) is 78.5 Å². The number of hydrogen-bond donors (Lipinski definition) is 2. The molecule has 0 aliphatic carbocycles. The Morgan fingerprint density at radius 3 is 2.41 bits per heavy atom. The summed E-state index contributed by atoms with van der Waals surface area (Å²) in [7, 11) is -3.60. The molecule has 1 amide bonds. The van der Waals surface area contributed by atoms with E-state index in [0.29, 0.717) is 5.56 Å². The largest absolute Gasteiger partial charge is 0.370 e. The van der Waals surface area contributed by atoms with E-state index in [4.69, 9.17) is 0 Å². The van der Waals surface area contributed by atoms with Crippen LogP contribution in [-0.4, -0.2) is 34.0 Å². The fraction of sp³-hybridized carbons (Fsp3) is 0.250. The SMILES string of the molecule is C=CCNS(=O)(=O)c1ccc(C(=O)Nc2ccccc2N2CCCC2)cc1. The average molecular weight is 385 g/mol. The Labute approximate surface area is 159 Å². The van der Waals surface area contributed by atoms with E-state index in [2.05, 4.69) is 21.5 Å². The van der Waals surface area contributed by atoms with Gasteiger partial charge < -0.3 is 10.2 Å². The molecule has 1 aliphatic heterocycles. The van der Waals surface area contributed by atoms with E-state index in [9.17, 15) is 13.2 Å². The van der Waals surface area contributed by atoms with Gasteiger partial charge in [0.15, 0.2) is 0 Å². The zero-order valence-corrected chi connectivity index (χ0v) is 15.8. The third kappa shape index (κ3) is 4.56. The first-order chi connectivity index (χ1) is 13.0. The van der Waals surface area contributed by atoms with E-state index in [0.717, 1.165) is 37.3 Å². The maximum atomic E-state index is 12.6. The molecule has 1 fully saturated rings. The quantitative estimate of drug-likeness (QED) is 0.718. The molecular formula is C20H23N3O3S. The van der Waals surface area contributed by atoms with Gasteiger partial charge in [0.2, 0.25) is 10.0 Å². The fourth-order valence-corrected chi connectivity index (χ4v) is 4.04. The molecule has 2 N–H and O–H groups in total. The molecule has 2 aromatic carbocycles. The molecular weight excluding hydrogens is 362 g/mol. The van der Waals surface area contributed by atoms with Gasteiger partial charge in [-0.1, -0.05) is 18.2 Å². The van der Waals surface area contributed by atoms with Crippen molar-refractivity contribution in [2.75, 3.05) is 29.9 Å². The summed E-state index contributed by atoms with van der Waals surface area (Å²) in [6.45, 7) is 5.60. The van der Waals surface area contributed by atoms with Gasteiger partial charge in [-0.3, -0.25) is 4.79 Å². The number of nitrogens with one attached hydrogen (secondary N) is 2. The second-order valence-electron chi connectivity index (χ2n) is 6.33. The fourth-order valence-electron chi connectivity index (χ4n) is 3.05. The minimum Gasteiger partial charge on any atom is -0.370 e. The molecule has 142 valence electrons. The lowest BCUT2D eigenvalue weighted by molar-refractivity contribution is 0.102. The second kappa shape index (κ2) is 8.37. The summed E-state index contributed by atoms with van der Waals surface area (Å²) >= 11 is 0. The first-order valence-corrected chi connectivity index (χ1v) is 10.4. The molecule has 7 heteroatoms. The number of carbonyl (C=O) groups is 1. The second-order valence-corrected chi connectivity index (χ2v) is 8.10. The Hall–Kier alpha value is -2.64. The summed E-state index contributed by atoms with van der Waals surface area (Å²) in [5, 5.41) is 2.94. The number of rotatable bonds is 7. The van der Waals surface area contributed by atoms with Crippen molar-refractivity contribution in [3.8, 4) is 0 Å². The molecule has 1 saturated heterocycles. The zero-order chi connectivity index (χ0) is 19.3. The molecule has 0 unspecified atom stereocenters. The van der Waals surface area contributed by atoms with Crippen molar-refractivity contribution in [3.63, 3.8) is 0 Å². The molecule has 0 aromatic heterocycles. The standard InChI is InChI=1S/C20H23N3O3S/c1-2-13-21-27(25,26)17-11-9-16(10-12-17)20(24)22-18-7-3-4-8-19(18)23-14-5-6-15-23/h2-4,7-12,21H,1,5-6,13-15H2,(H,22,24). The normalized spacial score (nSPS) is 14.1. The summed E-state index contributed by atoms with van der Waals surface area (Å²) in [6, 6.07) is 13.6. The molecule has 27 heavy (non-hydrogen) atoms. The Balaban J connectivity index is 1.75. The summed E-state index contributed by atoms with van der Waals surface area (Å²) in [5.41, 5.74) is 2.17.